The molecule has 1 aliphatic rings. The fourth-order valence-corrected chi connectivity index (χ4v) is 4.97. The molecule has 0 aliphatic heterocycles. The van der Waals surface area contributed by atoms with Gasteiger partial charge in [-0.2, -0.15) is 4.98 Å². The Morgan fingerprint density at radius 3 is 2.80 bits per heavy atom. The second-order valence-electron chi connectivity index (χ2n) is 7.07. The van der Waals surface area contributed by atoms with Crippen LogP contribution in [-0.2, 0) is 17.2 Å². The van der Waals surface area contributed by atoms with Crippen molar-refractivity contribution < 1.29 is 8.73 Å². The number of nitrogens with zero attached hydrogens (tertiary/aromatic N) is 3. The standard InChI is InChI=1S/C20H28ClN5O2S.HI/c1-3-29(27)17-6-4-5-16(13-17)24-20(22-2)23-12-11-18-25-19(26-28-18)14-7-9-15(21)10-8-14;/h7-10,16-17H,3-6,11-13H2,1-2H3,(H2,22,23,24);1H. The first-order chi connectivity index (χ1) is 14.1. The Morgan fingerprint density at radius 1 is 1.33 bits per heavy atom. The van der Waals surface area contributed by atoms with E-state index < -0.39 is 10.8 Å². The van der Waals surface area contributed by atoms with E-state index in [0.717, 1.165) is 43.0 Å². The quantitative estimate of drug-likeness (QED) is 0.302. The number of rotatable bonds is 7. The second kappa shape index (κ2) is 12.6. The van der Waals surface area contributed by atoms with E-state index in [1.54, 1.807) is 19.2 Å². The predicted molar refractivity (Wildman–Crippen MR) is 133 cm³/mol. The summed E-state index contributed by atoms with van der Waals surface area (Å²) in [5.41, 5.74) is 0.867. The molecule has 1 heterocycles. The third-order valence-corrected chi connectivity index (χ3v) is 7.04. The van der Waals surface area contributed by atoms with Gasteiger partial charge in [-0.1, -0.05) is 30.1 Å². The van der Waals surface area contributed by atoms with Crippen LogP contribution in [0.3, 0.4) is 0 Å². The van der Waals surface area contributed by atoms with Gasteiger partial charge in [0.15, 0.2) is 5.96 Å². The summed E-state index contributed by atoms with van der Waals surface area (Å²) in [6, 6.07) is 7.63. The van der Waals surface area contributed by atoms with Gasteiger partial charge in [-0.15, -0.1) is 24.0 Å². The molecule has 3 atom stereocenters. The summed E-state index contributed by atoms with van der Waals surface area (Å²) in [6.07, 6.45) is 4.74. The number of nitrogens with one attached hydrogen (secondary N) is 2. The van der Waals surface area contributed by atoms with Crippen LogP contribution in [-0.4, -0.2) is 50.9 Å². The Hall–Kier alpha value is -1.20. The molecule has 1 aromatic heterocycles. The lowest BCUT2D eigenvalue weighted by Crippen LogP contribution is -2.47. The Bertz CT molecular complexity index is 846. The van der Waals surface area contributed by atoms with Crippen LogP contribution in [0.5, 0.6) is 0 Å². The number of halogens is 2. The van der Waals surface area contributed by atoms with E-state index in [2.05, 4.69) is 25.8 Å². The molecule has 0 saturated heterocycles. The van der Waals surface area contributed by atoms with E-state index in [9.17, 15) is 4.21 Å². The van der Waals surface area contributed by atoms with E-state index >= 15 is 0 Å². The molecule has 1 fully saturated rings. The number of hydrogen-bond donors (Lipinski definition) is 2. The van der Waals surface area contributed by atoms with Crippen LogP contribution in [0, 0.1) is 0 Å². The number of guanidine groups is 1. The van der Waals surface area contributed by atoms with E-state index in [1.165, 1.54) is 0 Å². The molecule has 7 nitrogen and oxygen atoms in total. The minimum atomic E-state index is -0.731. The van der Waals surface area contributed by atoms with Crippen molar-refractivity contribution in [3.05, 3.63) is 35.2 Å². The Kier molecular flexibility index (Phi) is 10.5. The SMILES string of the molecule is CCS(=O)C1CCCC(NC(=NC)NCCc2nc(-c3ccc(Cl)cc3)no2)C1.I. The van der Waals surface area contributed by atoms with Gasteiger partial charge in [0.25, 0.3) is 0 Å². The number of aliphatic imine (C=N–C) groups is 1. The van der Waals surface area contributed by atoms with Crippen LogP contribution >= 0.6 is 35.6 Å². The average Bonchev–Trinajstić information content (AvgIpc) is 3.22. The fourth-order valence-electron chi connectivity index (χ4n) is 3.50. The maximum atomic E-state index is 12.1. The molecule has 0 radical (unpaired) electrons. The van der Waals surface area contributed by atoms with Crippen molar-refractivity contribution in [2.75, 3.05) is 19.3 Å². The smallest absolute Gasteiger partial charge is 0.228 e. The molecule has 10 heteroatoms. The van der Waals surface area contributed by atoms with Crippen molar-refractivity contribution in [2.24, 2.45) is 4.99 Å². The van der Waals surface area contributed by atoms with Crippen LogP contribution in [0.15, 0.2) is 33.8 Å². The van der Waals surface area contributed by atoms with Crippen LogP contribution in [0.4, 0.5) is 0 Å². The summed E-state index contributed by atoms with van der Waals surface area (Å²) in [5, 5.41) is 11.7. The first-order valence-electron chi connectivity index (χ1n) is 10.0. The van der Waals surface area contributed by atoms with Crippen molar-refractivity contribution >= 4 is 52.3 Å². The molecule has 3 rings (SSSR count). The van der Waals surface area contributed by atoms with E-state index in [-0.39, 0.29) is 29.2 Å². The van der Waals surface area contributed by atoms with E-state index in [4.69, 9.17) is 16.1 Å². The molecule has 166 valence electrons. The van der Waals surface area contributed by atoms with Crippen molar-refractivity contribution in [3.8, 4) is 11.4 Å². The Morgan fingerprint density at radius 2 is 2.10 bits per heavy atom. The Labute approximate surface area is 202 Å². The molecule has 0 bridgehead atoms. The fraction of sp³-hybridized carbons (Fsp3) is 0.550. The van der Waals surface area contributed by atoms with Gasteiger partial charge in [0.2, 0.25) is 11.7 Å². The van der Waals surface area contributed by atoms with Gasteiger partial charge in [-0.05, 0) is 43.5 Å². The zero-order chi connectivity index (χ0) is 20.6. The van der Waals surface area contributed by atoms with E-state index in [0.29, 0.717) is 35.7 Å². The zero-order valence-electron chi connectivity index (χ0n) is 17.3. The minimum Gasteiger partial charge on any atom is -0.356 e. The van der Waals surface area contributed by atoms with Gasteiger partial charge in [0, 0.05) is 58.4 Å². The number of benzene rings is 1. The van der Waals surface area contributed by atoms with Crippen molar-refractivity contribution in [1.29, 1.82) is 0 Å². The minimum absolute atomic E-state index is 0. The zero-order valence-corrected chi connectivity index (χ0v) is 21.2. The highest BCUT2D eigenvalue weighted by molar-refractivity contribution is 14.0. The van der Waals surface area contributed by atoms with Gasteiger partial charge in [-0.3, -0.25) is 9.20 Å². The van der Waals surface area contributed by atoms with Crippen LogP contribution < -0.4 is 10.6 Å². The van der Waals surface area contributed by atoms with Crippen LogP contribution in [0.2, 0.25) is 5.02 Å². The maximum absolute atomic E-state index is 12.1. The van der Waals surface area contributed by atoms with Gasteiger partial charge in [0.05, 0.1) is 0 Å². The highest BCUT2D eigenvalue weighted by Crippen LogP contribution is 2.23. The molecule has 30 heavy (non-hydrogen) atoms. The first-order valence-corrected chi connectivity index (χ1v) is 11.8. The largest absolute Gasteiger partial charge is 0.356 e. The van der Waals surface area contributed by atoms with Gasteiger partial charge in [-0.25, -0.2) is 0 Å². The Balaban J connectivity index is 0.00000320. The van der Waals surface area contributed by atoms with Crippen molar-refractivity contribution in [3.63, 3.8) is 0 Å². The highest BCUT2D eigenvalue weighted by Gasteiger charge is 2.26. The molecule has 1 aliphatic carbocycles. The number of aromatic nitrogens is 2. The van der Waals surface area contributed by atoms with Crippen molar-refractivity contribution in [2.45, 2.75) is 50.3 Å². The molecule has 2 aromatic rings. The summed E-state index contributed by atoms with van der Waals surface area (Å²) in [5.74, 6) is 2.59. The molecule has 2 N–H and O–H groups in total. The van der Waals surface area contributed by atoms with Crippen LogP contribution in [0.25, 0.3) is 11.4 Å². The van der Waals surface area contributed by atoms with Crippen molar-refractivity contribution in [1.82, 2.24) is 20.8 Å². The maximum Gasteiger partial charge on any atom is 0.228 e. The predicted octanol–water partition coefficient (Wildman–Crippen LogP) is 3.80. The van der Waals surface area contributed by atoms with E-state index in [1.807, 2.05) is 19.1 Å². The lowest BCUT2D eigenvalue weighted by atomic mass is 9.95. The molecule has 0 spiro atoms. The average molecular weight is 566 g/mol. The molecular weight excluding hydrogens is 537 g/mol. The van der Waals surface area contributed by atoms with Crippen LogP contribution in [0.1, 0.15) is 38.5 Å². The lowest BCUT2D eigenvalue weighted by molar-refractivity contribution is 0.378. The molecule has 0 amide bonds. The van der Waals surface area contributed by atoms with Gasteiger partial charge < -0.3 is 15.2 Å². The summed E-state index contributed by atoms with van der Waals surface area (Å²) in [7, 11) is 1.02. The number of hydrogen-bond acceptors (Lipinski definition) is 5. The summed E-state index contributed by atoms with van der Waals surface area (Å²) < 4.78 is 17.5. The highest BCUT2D eigenvalue weighted by atomic mass is 127. The molecular formula is C20H29ClIN5O2S. The third kappa shape index (κ3) is 7.19. The third-order valence-electron chi connectivity index (χ3n) is 5.05. The lowest BCUT2D eigenvalue weighted by Gasteiger charge is -2.30. The van der Waals surface area contributed by atoms with Gasteiger partial charge in [0.1, 0.15) is 0 Å². The topological polar surface area (TPSA) is 92.4 Å². The summed E-state index contributed by atoms with van der Waals surface area (Å²) in [6.45, 7) is 2.61. The summed E-state index contributed by atoms with van der Waals surface area (Å²) >= 11 is 5.91. The monoisotopic (exact) mass is 565 g/mol. The summed E-state index contributed by atoms with van der Waals surface area (Å²) in [4.78, 5) is 8.74. The molecule has 1 aromatic carbocycles. The first kappa shape index (κ1) is 25.1. The normalized spacial score (nSPS) is 20.3. The van der Waals surface area contributed by atoms with Gasteiger partial charge >= 0.3 is 0 Å². The molecule has 1 saturated carbocycles. The molecule has 3 unspecified atom stereocenters. The second-order valence-corrected chi connectivity index (χ2v) is 9.51.